The molecule has 1 heterocycles. The van der Waals surface area contributed by atoms with Crippen molar-refractivity contribution in [2.45, 2.75) is 25.3 Å². The molecular weight excluding hydrogens is 481 g/mol. The van der Waals surface area contributed by atoms with E-state index in [9.17, 15) is 9.18 Å². The number of hydrogen-bond acceptors (Lipinski definition) is 6. The molecule has 38 heavy (non-hydrogen) atoms. The Balaban J connectivity index is 1.42. The maximum Gasteiger partial charge on any atom is 0.242 e. The smallest absolute Gasteiger partial charge is 0.242 e. The zero-order valence-electron chi connectivity index (χ0n) is 21.4. The number of carbonyl (C=O) groups excluding carboxylic acids is 1. The Morgan fingerprint density at radius 2 is 1.58 bits per heavy atom. The van der Waals surface area contributed by atoms with Gasteiger partial charge in [-0.15, -0.1) is 0 Å². The van der Waals surface area contributed by atoms with Gasteiger partial charge in [0, 0.05) is 19.5 Å². The van der Waals surface area contributed by atoms with Crippen LogP contribution in [0.2, 0.25) is 0 Å². The molecule has 3 N–H and O–H groups in total. The predicted molar refractivity (Wildman–Crippen MR) is 148 cm³/mol. The summed E-state index contributed by atoms with van der Waals surface area (Å²) in [4.78, 5) is 21.5. The molecule has 1 amide bonds. The van der Waals surface area contributed by atoms with Crippen molar-refractivity contribution >= 4 is 17.7 Å². The molecular formula is C30H32FN5O2. The lowest BCUT2D eigenvalue weighted by Crippen LogP contribution is -2.42. The average Bonchev–Trinajstić information content (AvgIpc) is 2.95. The summed E-state index contributed by atoms with van der Waals surface area (Å²) in [5.41, 5.74) is 3.12. The highest BCUT2D eigenvalue weighted by molar-refractivity contribution is 5.84. The van der Waals surface area contributed by atoms with Crippen LogP contribution >= 0.6 is 0 Å². The lowest BCUT2D eigenvalue weighted by Gasteiger charge is -2.20. The highest BCUT2D eigenvalue weighted by atomic mass is 19.1. The van der Waals surface area contributed by atoms with Gasteiger partial charge in [0.05, 0.1) is 13.3 Å². The summed E-state index contributed by atoms with van der Waals surface area (Å²) in [7, 11) is 1.64. The van der Waals surface area contributed by atoms with Crippen LogP contribution in [0.25, 0.3) is 0 Å². The molecule has 0 spiro atoms. The SMILES string of the molecule is COc1ccccc1CCNc1ncc(F)c(N[C@@H](Cc2ccccc2)C(=O)NCCc2ccccc2)n1. The van der Waals surface area contributed by atoms with Gasteiger partial charge in [-0.3, -0.25) is 4.79 Å². The second-order valence-electron chi connectivity index (χ2n) is 8.79. The van der Waals surface area contributed by atoms with Crippen molar-refractivity contribution in [3.8, 4) is 5.75 Å². The zero-order chi connectivity index (χ0) is 26.6. The van der Waals surface area contributed by atoms with E-state index in [0.29, 0.717) is 32.4 Å². The summed E-state index contributed by atoms with van der Waals surface area (Å²) in [6.07, 6.45) is 2.85. The summed E-state index contributed by atoms with van der Waals surface area (Å²) in [5.74, 6) is 0.188. The highest BCUT2D eigenvalue weighted by Crippen LogP contribution is 2.19. The molecule has 3 aromatic carbocycles. The number of nitrogens with zero attached hydrogens (tertiary/aromatic N) is 2. The number of methoxy groups -OCH3 is 1. The summed E-state index contributed by atoms with van der Waals surface area (Å²) in [5, 5.41) is 9.12. The van der Waals surface area contributed by atoms with Crippen molar-refractivity contribution in [3.63, 3.8) is 0 Å². The fourth-order valence-corrected chi connectivity index (χ4v) is 4.09. The summed E-state index contributed by atoms with van der Waals surface area (Å²) < 4.78 is 20.1. The first-order valence-corrected chi connectivity index (χ1v) is 12.6. The van der Waals surface area contributed by atoms with Crippen molar-refractivity contribution < 1.29 is 13.9 Å². The Hall–Kier alpha value is -4.46. The van der Waals surface area contributed by atoms with Gasteiger partial charge in [0.2, 0.25) is 11.9 Å². The third-order valence-electron chi connectivity index (χ3n) is 6.08. The number of rotatable bonds is 13. The maximum absolute atomic E-state index is 14.7. The molecule has 0 radical (unpaired) electrons. The first-order chi connectivity index (χ1) is 18.6. The number of nitrogens with one attached hydrogen (secondary N) is 3. The van der Waals surface area contributed by atoms with Crippen LogP contribution in [-0.2, 0) is 24.1 Å². The quantitative estimate of drug-likeness (QED) is 0.241. The number of halogens is 1. The third-order valence-corrected chi connectivity index (χ3v) is 6.08. The summed E-state index contributed by atoms with van der Waals surface area (Å²) >= 11 is 0. The number of para-hydroxylation sites is 1. The molecule has 1 atom stereocenters. The molecule has 4 rings (SSSR count). The van der Waals surface area contributed by atoms with Crippen molar-refractivity contribution in [1.29, 1.82) is 0 Å². The molecule has 1 aromatic heterocycles. The van der Waals surface area contributed by atoms with E-state index in [1.807, 2.05) is 84.9 Å². The Morgan fingerprint density at radius 3 is 2.32 bits per heavy atom. The van der Waals surface area contributed by atoms with E-state index in [-0.39, 0.29) is 17.7 Å². The lowest BCUT2D eigenvalue weighted by molar-refractivity contribution is -0.121. The topological polar surface area (TPSA) is 88.2 Å². The fraction of sp³-hybridized carbons (Fsp3) is 0.233. The number of anilines is 2. The van der Waals surface area contributed by atoms with Crippen molar-refractivity contribution in [1.82, 2.24) is 15.3 Å². The molecule has 8 heteroatoms. The van der Waals surface area contributed by atoms with Crippen molar-refractivity contribution in [2.75, 3.05) is 30.8 Å². The molecule has 0 aliphatic heterocycles. The van der Waals surface area contributed by atoms with Gasteiger partial charge in [0.15, 0.2) is 11.6 Å². The highest BCUT2D eigenvalue weighted by Gasteiger charge is 2.21. The van der Waals surface area contributed by atoms with Crippen LogP contribution in [0.15, 0.2) is 91.1 Å². The maximum atomic E-state index is 14.7. The van der Waals surface area contributed by atoms with Crippen LogP contribution in [0.5, 0.6) is 5.75 Å². The number of amides is 1. The Bertz CT molecular complexity index is 1300. The van der Waals surface area contributed by atoms with Gasteiger partial charge in [0.1, 0.15) is 11.8 Å². The second-order valence-corrected chi connectivity index (χ2v) is 8.79. The predicted octanol–water partition coefficient (Wildman–Crippen LogP) is 4.66. The van der Waals surface area contributed by atoms with Crippen LogP contribution in [-0.4, -0.2) is 42.1 Å². The van der Waals surface area contributed by atoms with E-state index in [1.165, 1.54) is 0 Å². The Morgan fingerprint density at radius 1 is 0.895 bits per heavy atom. The van der Waals surface area contributed by atoms with E-state index in [0.717, 1.165) is 28.6 Å². The number of carbonyl (C=O) groups is 1. The van der Waals surface area contributed by atoms with Gasteiger partial charge >= 0.3 is 0 Å². The van der Waals surface area contributed by atoms with E-state index >= 15 is 0 Å². The molecule has 0 aliphatic carbocycles. The monoisotopic (exact) mass is 513 g/mol. The minimum absolute atomic E-state index is 0.0288. The molecule has 0 bridgehead atoms. The number of hydrogen-bond donors (Lipinski definition) is 3. The summed E-state index contributed by atoms with van der Waals surface area (Å²) in [6.45, 7) is 0.997. The van der Waals surface area contributed by atoms with Crippen LogP contribution < -0.4 is 20.7 Å². The third kappa shape index (κ3) is 7.77. The standard InChI is InChI=1S/C30H32FN5O2/c1-38-27-15-9-8-14-24(27)17-19-33-30-34-21-25(31)28(36-30)35-26(20-23-12-6-3-7-13-23)29(37)32-18-16-22-10-4-2-5-11-22/h2-15,21,26H,16-20H2,1H3,(H,32,37)(H2,33,34,35,36)/t26-/m0/s1. The van der Waals surface area contributed by atoms with E-state index in [1.54, 1.807) is 7.11 Å². The molecule has 0 fully saturated rings. The molecule has 0 unspecified atom stereocenters. The second kappa shape index (κ2) is 13.7. The zero-order valence-corrected chi connectivity index (χ0v) is 21.4. The van der Waals surface area contributed by atoms with Gasteiger partial charge in [-0.05, 0) is 35.6 Å². The minimum Gasteiger partial charge on any atom is -0.496 e. The molecule has 0 saturated carbocycles. The van der Waals surface area contributed by atoms with Crippen LogP contribution in [0.4, 0.5) is 16.2 Å². The molecule has 0 saturated heterocycles. The van der Waals surface area contributed by atoms with Gasteiger partial charge in [0.25, 0.3) is 0 Å². The van der Waals surface area contributed by atoms with E-state index in [4.69, 9.17) is 4.74 Å². The number of aromatic nitrogens is 2. The van der Waals surface area contributed by atoms with Crippen molar-refractivity contribution in [2.24, 2.45) is 0 Å². The van der Waals surface area contributed by atoms with Gasteiger partial charge < -0.3 is 20.7 Å². The largest absolute Gasteiger partial charge is 0.496 e. The van der Waals surface area contributed by atoms with E-state index in [2.05, 4.69) is 25.9 Å². The van der Waals surface area contributed by atoms with Crippen LogP contribution in [0.1, 0.15) is 16.7 Å². The molecule has 196 valence electrons. The fourth-order valence-electron chi connectivity index (χ4n) is 4.09. The molecule has 7 nitrogen and oxygen atoms in total. The van der Waals surface area contributed by atoms with Crippen LogP contribution in [0, 0.1) is 5.82 Å². The normalized spacial score (nSPS) is 11.4. The molecule has 4 aromatic rings. The van der Waals surface area contributed by atoms with Gasteiger partial charge in [-0.25, -0.2) is 9.37 Å². The molecule has 0 aliphatic rings. The Labute approximate surface area is 222 Å². The van der Waals surface area contributed by atoms with Gasteiger partial charge in [-0.1, -0.05) is 78.9 Å². The van der Waals surface area contributed by atoms with Gasteiger partial charge in [-0.2, -0.15) is 4.98 Å². The Kier molecular flexibility index (Phi) is 9.62. The van der Waals surface area contributed by atoms with Crippen molar-refractivity contribution in [3.05, 3.63) is 114 Å². The first kappa shape index (κ1) is 26.6. The lowest BCUT2D eigenvalue weighted by atomic mass is 10.0. The van der Waals surface area contributed by atoms with Crippen LogP contribution in [0.3, 0.4) is 0 Å². The van der Waals surface area contributed by atoms with E-state index < -0.39 is 11.9 Å². The summed E-state index contributed by atoms with van der Waals surface area (Å²) in [6, 6.07) is 26.6. The average molecular weight is 514 g/mol. The number of ether oxygens (including phenoxy) is 1. The first-order valence-electron chi connectivity index (χ1n) is 12.6. The number of benzene rings is 3. The minimum atomic E-state index is -0.723.